The summed E-state index contributed by atoms with van der Waals surface area (Å²) in [5.74, 6) is 0.498. The largest absolute Gasteiger partial charge is 0.378 e. The summed E-state index contributed by atoms with van der Waals surface area (Å²) < 4.78 is 7.72. The van der Waals surface area contributed by atoms with Gasteiger partial charge < -0.3 is 19.9 Å². The molecular formula is C19H24N4O2. The van der Waals surface area contributed by atoms with E-state index in [2.05, 4.69) is 27.8 Å². The average molecular weight is 340 g/mol. The monoisotopic (exact) mass is 340 g/mol. The zero-order valence-electron chi connectivity index (χ0n) is 14.2. The summed E-state index contributed by atoms with van der Waals surface area (Å²) in [5, 5.41) is 6.06. The van der Waals surface area contributed by atoms with Crippen molar-refractivity contribution < 1.29 is 9.53 Å². The molecule has 1 aliphatic carbocycles. The highest BCUT2D eigenvalue weighted by atomic mass is 16.5. The molecule has 0 radical (unpaired) electrons. The third kappa shape index (κ3) is 3.85. The number of nitrogens with zero attached hydrogens (tertiary/aromatic N) is 2. The molecule has 1 aromatic carbocycles. The molecule has 2 aromatic rings. The molecule has 2 N–H and O–H groups in total. The maximum Gasteiger partial charge on any atom is 0.315 e. The number of carbonyl (C=O) groups excluding carboxylic acids is 1. The number of hydrogen-bond acceptors (Lipinski definition) is 3. The van der Waals surface area contributed by atoms with Gasteiger partial charge in [-0.2, -0.15) is 0 Å². The summed E-state index contributed by atoms with van der Waals surface area (Å²) in [5.41, 5.74) is 2.29. The van der Waals surface area contributed by atoms with E-state index in [0.717, 1.165) is 38.0 Å². The third-order valence-corrected chi connectivity index (χ3v) is 5.18. The van der Waals surface area contributed by atoms with Crippen LogP contribution in [0, 0.1) is 5.92 Å². The van der Waals surface area contributed by atoms with Crippen LogP contribution in [0.3, 0.4) is 0 Å². The Hall–Kier alpha value is -2.34. The van der Waals surface area contributed by atoms with Gasteiger partial charge in [-0.3, -0.25) is 0 Å². The summed E-state index contributed by atoms with van der Waals surface area (Å²) in [4.78, 5) is 16.2. The van der Waals surface area contributed by atoms with Crippen LogP contribution in [0.4, 0.5) is 4.79 Å². The van der Waals surface area contributed by atoms with Crippen LogP contribution >= 0.6 is 0 Å². The Balaban J connectivity index is 1.26. The Bertz CT molecular complexity index is 716. The van der Waals surface area contributed by atoms with Gasteiger partial charge in [-0.05, 0) is 30.4 Å². The molecule has 6 heteroatoms. The molecule has 3 atom stereocenters. The van der Waals surface area contributed by atoms with Crippen LogP contribution in [0.15, 0.2) is 43.0 Å². The van der Waals surface area contributed by atoms with Gasteiger partial charge in [-0.25, -0.2) is 9.78 Å². The van der Waals surface area contributed by atoms with Crippen LogP contribution in [-0.2, 0) is 17.8 Å². The number of amides is 2. The Morgan fingerprint density at radius 1 is 1.36 bits per heavy atom. The lowest BCUT2D eigenvalue weighted by molar-refractivity contribution is -0.0999. The first kappa shape index (κ1) is 16.1. The van der Waals surface area contributed by atoms with Crippen molar-refractivity contribution in [2.24, 2.45) is 5.92 Å². The van der Waals surface area contributed by atoms with Gasteiger partial charge in [-0.1, -0.05) is 24.3 Å². The van der Waals surface area contributed by atoms with Crippen LogP contribution < -0.4 is 10.6 Å². The van der Waals surface area contributed by atoms with E-state index in [9.17, 15) is 4.79 Å². The summed E-state index contributed by atoms with van der Waals surface area (Å²) >= 11 is 0. The molecule has 132 valence electrons. The number of rotatable bonds is 5. The van der Waals surface area contributed by atoms with Crippen molar-refractivity contribution in [1.29, 1.82) is 0 Å². The quantitative estimate of drug-likeness (QED) is 0.877. The SMILES string of the molecule is O=C(NCc1cccc(Cn2ccnc2)c1)N[C@@H]1C[C@@H]2OCCC[C@@H]21. The fourth-order valence-electron chi connectivity index (χ4n) is 3.79. The predicted molar refractivity (Wildman–Crippen MR) is 94.0 cm³/mol. The average Bonchev–Trinajstić information content (AvgIpc) is 3.11. The maximum absolute atomic E-state index is 12.2. The second-order valence-electron chi connectivity index (χ2n) is 6.94. The Morgan fingerprint density at radius 3 is 3.12 bits per heavy atom. The van der Waals surface area contributed by atoms with Gasteiger partial charge in [0.2, 0.25) is 0 Å². The molecule has 1 aliphatic heterocycles. The topological polar surface area (TPSA) is 68.2 Å². The van der Waals surface area contributed by atoms with Crippen molar-refractivity contribution in [3.63, 3.8) is 0 Å². The Labute approximate surface area is 147 Å². The van der Waals surface area contributed by atoms with Gasteiger partial charge in [0.1, 0.15) is 0 Å². The van der Waals surface area contributed by atoms with Gasteiger partial charge in [0.05, 0.1) is 12.4 Å². The zero-order chi connectivity index (χ0) is 17.1. The fourth-order valence-corrected chi connectivity index (χ4v) is 3.79. The van der Waals surface area contributed by atoms with E-state index in [1.54, 1.807) is 12.5 Å². The van der Waals surface area contributed by atoms with Gasteiger partial charge in [0.15, 0.2) is 0 Å². The molecule has 0 bridgehead atoms. The summed E-state index contributed by atoms with van der Waals surface area (Å²) in [6, 6.07) is 8.44. The van der Waals surface area contributed by atoms with E-state index in [1.807, 2.05) is 22.9 Å². The Kier molecular flexibility index (Phi) is 4.70. The van der Waals surface area contributed by atoms with Gasteiger partial charge in [0.25, 0.3) is 0 Å². The smallest absolute Gasteiger partial charge is 0.315 e. The molecule has 25 heavy (non-hydrogen) atoms. The Morgan fingerprint density at radius 2 is 2.28 bits per heavy atom. The number of carbonyl (C=O) groups is 1. The van der Waals surface area contributed by atoms with E-state index in [1.165, 1.54) is 5.56 Å². The second-order valence-corrected chi connectivity index (χ2v) is 6.94. The molecule has 0 unspecified atom stereocenters. The van der Waals surface area contributed by atoms with E-state index in [-0.39, 0.29) is 12.1 Å². The van der Waals surface area contributed by atoms with Crippen molar-refractivity contribution in [1.82, 2.24) is 20.2 Å². The van der Waals surface area contributed by atoms with Gasteiger partial charge in [0, 0.05) is 44.0 Å². The normalized spacial score (nSPS) is 24.9. The minimum absolute atomic E-state index is 0.0889. The minimum atomic E-state index is -0.0889. The van der Waals surface area contributed by atoms with E-state index in [4.69, 9.17) is 4.74 Å². The number of benzene rings is 1. The summed E-state index contributed by atoms with van der Waals surface area (Å²) in [7, 11) is 0. The molecule has 1 saturated carbocycles. The van der Waals surface area contributed by atoms with Crippen LogP contribution in [0.2, 0.25) is 0 Å². The summed E-state index contributed by atoms with van der Waals surface area (Å²) in [6.45, 7) is 2.18. The van der Waals surface area contributed by atoms with E-state index >= 15 is 0 Å². The van der Waals surface area contributed by atoms with Crippen LogP contribution in [0.1, 0.15) is 30.4 Å². The van der Waals surface area contributed by atoms with E-state index < -0.39 is 0 Å². The van der Waals surface area contributed by atoms with Crippen molar-refractivity contribution in [2.45, 2.75) is 44.5 Å². The fraction of sp³-hybridized carbons (Fsp3) is 0.474. The number of nitrogens with one attached hydrogen (secondary N) is 2. The number of imidazole rings is 1. The number of hydrogen-bond donors (Lipinski definition) is 2. The minimum Gasteiger partial charge on any atom is -0.378 e. The van der Waals surface area contributed by atoms with Crippen molar-refractivity contribution >= 4 is 6.03 Å². The first-order valence-corrected chi connectivity index (χ1v) is 8.97. The molecule has 2 fully saturated rings. The lowest BCUT2D eigenvalue weighted by atomic mass is 9.72. The molecule has 0 spiro atoms. The molecular weight excluding hydrogens is 316 g/mol. The number of ether oxygens (including phenoxy) is 1. The standard InChI is InChI=1S/C19H24N4O2/c24-19(22-17-10-18-16(17)5-2-8-25-18)21-11-14-3-1-4-15(9-14)12-23-7-6-20-13-23/h1,3-4,6-7,9,13,16-18H,2,5,8,10-12H2,(H2,21,22,24)/t16-,17-,18+/m1/s1. The molecule has 2 heterocycles. The first-order chi connectivity index (χ1) is 12.3. The predicted octanol–water partition coefficient (Wildman–Crippen LogP) is 2.30. The molecule has 6 nitrogen and oxygen atoms in total. The molecule has 2 aliphatic rings. The van der Waals surface area contributed by atoms with Gasteiger partial charge >= 0.3 is 6.03 Å². The molecule has 1 aromatic heterocycles. The van der Waals surface area contributed by atoms with Crippen molar-refractivity contribution in [2.75, 3.05) is 6.61 Å². The number of urea groups is 1. The number of aromatic nitrogens is 2. The van der Waals surface area contributed by atoms with Crippen molar-refractivity contribution in [3.05, 3.63) is 54.1 Å². The number of fused-ring (bicyclic) bond motifs is 1. The maximum atomic E-state index is 12.2. The lowest BCUT2D eigenvalue weighted by Crippen LogP contribution is -2.59. The zero-order valence-corrected chi connectivity index (χ0v) is 14.2. The van der Waals surface area contributed by atoms with Gasteiger partial charge in [-0.15, -0.1) is 0 Å². The van der Waals surface area contributed by atoms with Crippen LogP contribution in [-0.4, -0.2) is 34.3 Å². The summed E-state index contributed by atoms with van der Waals surface area (Å²) in [6.07, 6.45) is 9.09. The lowest BCUT2D eigenvalue weighted by Gasteiger charge is -2.47. The molecule has 2 amide bonds. The highest BCUT2D eigenvalue weighted by molar-refractivity contribution is 5.74. The van der Waals surface area contributed by atoms with Crippen LogP contribution in [0.5, 0.6) is 0 Å². The molecule has 4 rings (SSSR count). The highest BCUT2D eigenvalue weighted by Gasteiger charge is 2.43. The highest BCUT2D eigenvalue weighted by Crippen LogP contribution is 2.37. The van der Waals surface area contributed by atoms with Crippen molar-refractivity contribution in [3.8, 4) is 0 Å². The first-order valence-electron chi connectivity index (χ1n) is 8.97. The van der Waals surface area contributed by atoms with Crippen LogP contribution in [0.25, 0.3) is 0 Å². The third-order valence-electron chi connectivity index (χ3n) is 5.18. The molecule has 1 saturated heterocycles. The second kappa shape index (κ2) is 7.27. The van der Waals surface area contributed by atoms with E-state index in [0.29, 0.717) is 18.6 Å².